The Morgan fingerprint density at radius 2 is 1.81 bits per heavy atom. The Morgan fingerprint density at radius 1 is 1.19 bits per heavy atom. The van der Waals surface area contributed by atoms with Gasteiger partial charge in [-0.15, -0.1) is 0 Å². The average Bonchev–Trinajstić information content (AvgIpc) is 2.93. The van der Waals surface area contributed by atoms with Crippen molar-refractivity contribution < 1.29 is 4.74 Å². The molecule has 0 amide bonds. The van der Waals surface area contributed by atoms with E-state index in [9.17, 15) is 0 Å². The van der Waals surface area contributed by atoms with Crippen LogP contribution in [0.2, 0.25) is 0 Å². The van der Waals surface area contributed by atoms with Crippen LogP contribution in [0.25, 0.3) is 0 Å². The predicted octanol–water partition coefficient (Wildman–Crippen LogP) is 3.60. The van der Waals surface area contributed by atoms with Gasteiger partial charge in [0.15, 0.2) is 0 Å². The van der Waals surface area contributed by atoms with E-state index in [0.29, 0.717) is 12.6 Å². The van der Waals surface area contributed by atoms with Gasteiger partial charge in [0.25, 0.3) is 0 Å². The zero-order valence-corrected chi connectivity index (χ0v) is 13.7. The maximum absolute atomic E-state index is 6.03. The Balaban J connectivity index is 1.98. The molecule has 3 heteroatoms. The fraction of sp³-hybridized carbons (Fsp3) is 0.667. The first-order chi connectivity index (χ1) is 10.1. The van der Waals surface area contributed by atoms with Crippen molar-refractivity contribution in [2.24, 2.45) is 11.7 Å². The van der Waals surface area contributed by atoms with E-state index in [1.54, 1.807) is 0 Å². The van der Waals surface area contributed by atoms with Gasteiger partial charge in [-0.1, -0.05) is 25.0 Å². The number of hydrogen-bond donors (Lipinski definition) is 1. The van der Waals surface area contributed by atoms with Crippen LogP contribution in [-0.4, -0.2) is 31.1 Å². The molecule has 1 unspecified atom stereocenters. The highest BCUT2D eigenvalue weighted by Crippen LogP contribution is 2.28. The third-order valence-corrected chi connectivity index (χ3v) is 4.41. The molecule has 0 aromatic heterocycles. The minimum atomic E-state index is 0.214. The van der Waals surface area contributed by atoms with Crippen LogP contribution in [0, 0.1) is 5.92 Å². The summed E-state index contributed by atoms with van der Waals surface area (Å²) in [5.41, 5.74) is 7.31. The Kier molecular flexibility index (Phi) is 6.07. The first-order valence-corrected chi connectivity index (χ1v) is 8.27. The molecule has 1 saturated carbocycles. The minimum absolute atomic E-state index is 0.214. The number of benzene rings is 1. The van der Waals surface area contributed by atoms with E-state index in [2.05, 4.69) is 36.2 Å². The Hall–Kier alpha value is -1.06. The maximum Gasteiger partial charge on any atom is 0.119 e. The van der Waals surface area contributed by atoms with Gasteiger partial charge in [-0.25, -0.2) is 0 Å². The topological polar surface area (TPSA) is 38.5 Å². The van der Waals surface area contributed by atoms with Crippen molar-refractivity contribution in [3.05, 3.63) is 29.8 Å². The fourth-order valence-corrected chi connectivity index (χ4v) is 3.34. The number of nitrogens with zero attached hydrogens (tertiary/aromatic N) is 1. The molecule has 0 heterocycles. The second-order valence-corrected chi connectivity index (χ2v) is 6.58. The molecule has 1 aliphatic rings. The summed E-state index contributed by atoms with van der Waals surface area (Å²) < 4.78 is 5.71. The van der Waals surface area contributed by atoms with Crippen LogP contribution >= 0.6 is 0 Å². The van der Waals surface area contributed by atoms with Crippen molar-refractivity contribution in [2.75, 3.05) is 20.1 Å². The Bertz CT molecular complexity index is 410. The van der Waals surface area contributed by atoms with Gasteiger partial charge in [0, 0.05) is 19.1 Å². The molecule has 1 aromatic rings. The van der Waals surface area contributed by atoms with Crippen molar-refractivity contribution in [1.29, 1.82) is 0 Å². The summed E-state index contributed by atoms with van der Waals surface area (Å²) in [6.45, 7) is 5.91. The molecule has 1 atom stereocenters. The second kappa shape index (κ2) is 7.81. The Morgan fingerprint density at radius 3 is 2.33 bits per heavy atom. The zero-order valence-electron chi connectivity index (χ0n) is 13.7. The summed E-state index contributed by atoms with van der Waals surface area (Å²) in [6.07, 6.45) is 5.76. The lowest BCUT2D eigenvalue weighted by molar-refractivity contribution is 0.212. The van der Waals surface area contributed by atoms with Crippen molar-refractivity contribution in [3.8, 4) is 5.75 Å². The average molecular weight is 290 g/mol. The molecular weight excluding hydrogens is 260 g/mol. The highest BCUT2D eigenvalue weighted by molar-refractivity contribution is 5.29. The second-order valence-electron chi connectivity index (χ2n) is 6.58. The molecule has 1 aromatic carbocycles. The lowest BCUT2D eigenvalue weighted by Gasteiger charge is -2.29. The molecule has 1 aliphatic carbocycles. The number of hydrogen-bond acceptors (Lipinski definition) is 3. The fourth-order valence-electron chi connectivity index (χ4n) is 3.34. The molecule has 0 radical (unpaired) electrons. The van der Waals surface area contributed by atoms with Gasteiger partial charge >= 0.3 is 0 Å². The van der Waals surface area contributed by atoms with E-state index in [1.807, 2.05) is 13.8 Å². The summed E-state index contributed by atoms with van der Waals surface area (Å²) in [5, 5.41) is 0. The van der Waals surface area contributed by atoms with E-state index in [1.165, 1.54) is 31.2 Å². The molecule has 3 nitrogen and oxygen atoms in total. The Labute approximate surface area is 129 Å². The summed E-state index contributed by atoms with van der Waals surface area (Å²) in [4.78, 5) is 2.42. The molecular formula is C18H30N2O. The first-order valence-electron chi connectivity index (χ1n) is 8.27. The summed E-state index contributed by atoms with van der Waals surface area (Å²) >= 11 is 0. The van der Waals surface area contributed by atoms with E-state index < -0.39 is 0 Å². The van der Waals surface area contributed by atoms with Gasteiger partial charge in [-0.05, 0) is 57.4 Å². The summed E-state index contributed by atoms with van der Waals surface area (Å²) in [6, 6.07) is 8.72. The van der Waals surface area contributed by atoms with Crippen LogP contribution in [0.1, 0.15) is 51.1 Å². The monoisotopic (exact) mass is 290 g/mol. The molecule has 21 heavy (non-hydrogen) atoms. The lowest BCUT2D eigenvalue weighted by Crippen LogP contribution is -2.33. The van der Waals surface area contributed by atoms with Crippen molar-refractivity contribution >= 4 is 0 Å². The molecule has 0 bridgehead atoms. The van der Waals surface area contributed by atoms with Gasteiger partial charge in [0.1, 0.15) is 5.75 Å². The van der Waals surface area contributed by atoms with Gasteiger partial charge in [-0.3, -0.25) is 4.90 Å². The third kappa shape index (κ3) is 4.72. The quantitative estimate of drug-likeness (QED) is 0.834. The summed E-state index contributed by atoms with van der Waals surface area (Å²) in [7, 11) is 2.20. The summed E-state index contributed by atoms with van der Waals surface area (Å²) in [5.74, 6) is 1.79. The predicted molar refractivity (Wildman–Crippen MR) is 88.6 cm³/mol. The number of nitrogens with two attached hydrogens (primary N) is 1. The van der Waals surface area contributed by atoms with Gasteiger partial charge in [0.05, 0.1) is 6.10 Å². The van der Waals surface area contributed by atoms with Crippen LogP contribution in [-0.2, 0) is 0 Å². The number of ether oxygens (including phenoxy) is 1. The van der Waals surface area contributed by atoms with E-state index in [4.69, 9.17) is 10.5 Å². The maximum atomic E-state index is 6.03. The van der Waals surface area contributed by atoms with E-state index in [0.717, 1.165) is 18.2 Å². The van der Waals surface area contributed by atoms with Crippen molar-refractivity contribution in [3.63, 3.8) is 0 Å². The highest BCUT2D eigenvalue weighted by Gasteiger charge is 2.21. The van der Waals surface area contributed by atoms with Gasteiger partial charge in [-0.2, -0.15) is 0 Å². The smallest absolute Gasteiger partial charge is 0.119 e. The van der Waals surface area contributed by atoms with Crippen LogP contribution in [0.4, 0.5) is 0 Å². The zero-order chi connectivity index (χ0) is 15.2. The number of likely N-dealkylation sites (N-methyl/N-ethyl adjacent to an activating group) is 1. The molecule has 1 fully saturated rings. The highest BCUT2D eigenvalue weighted by atomic mass is 16.5. The molecule has 0 aliphatic heterocycles. The third-order valence-electron chi connectivity index (χ3n) is 4.41. The van der Waals surface area contributed by atoms with Crippen molar-refractivity contribution in [2.45, 2.75) is 51.7 Å². The molecule has 0 saturated heterocycles. The largest absolute Gasteiger partial charge is 0.491 e. The van der Waals surface area contributed by atoms with Gasteiger partial charge < -0.3 is 10.5 Å². The molecule has 2 rings (SSSR count). The minimum Gasteiger partial charge on any atom is -0.491 e. The molecule has 118 valence electrons. The van der Waals surface area contributed by atoms with Crippen LogP contribution < -0.4 is 10.5 Å². The molecule has 2 N–H and O–H groups in total. The first kappa shape index (κ1) is 16.3. The van der Waals surface area contributed by atoms with E-state index >= 15 is 0 Å². The standard InChI is InChI=1S/C18H30N2O/c1-14(2)21-17-10-8-16(9-11-17)18(12-19)20(3)13-15-6-4-5-7-15/h8-11,14-15,18H,4-7,12-13,19H2,1-3H3. The van der Waals surface area contributed by atoms with Crippen LogP contribution in [0.3, 0.4) is 0 Å². The van der Waals surface area contributed by atoms with Gasteiger partial charge in [0.2, 0.25) is 0 Å². The SMILES string of the molecule is CC(C)Oc1ccc(C(CN)N(C)CC2CCCC2)cc1. The van der Waals surface area contributed by atoms with Crippen LogP contribution in [0.15, 0.2) is 24.3 Å². The van der Waals surface area contributed by atoms with Crippen molar-refractivity contribution in [1.82, 2.24) is 4.90 Å². The van der Waals surface area contributed by atoms with Crippen LogP contribution in [0.5, 0.6) is 5.75 Å². The molecule has 0 spiro atoms. The lowest BCUT2D eigenvalue weighted by atomic mass is 10.0. The number of rotatable bonds is 7. The van der Waals surface area contributed by atoms with E-state index in [-0.39, 0.29) is 6.10 Å². The normalized spacial score (nSPS) is 17.6.